The summed E-state index contributed by atoms with van der Waals surface area (Å²) in [5, 5.41) is 3.16. The fraction of sp³-hybridized carbons (Fsp3) is 0.462. The fourth-order valence-corrected chi connectivity index (χ4v) is 5.13. The Morgan fingerprint density at radius 1 is 0.969 bits per heavy atom. The number of nitrogens with one attached hydrogen (secondary N) is 1. The second kappa shape index (κ2) is 11.0. The number of rotatable bonds is 6. The highest BCUT2D eigenvalue weighted by Crippen LogP contribution is 2.27. The number of hydrogen-bond donors (Lipinski definition) is 1. The van der Waals surface area contributed by atoms with Crippen molar-refractivity contribution in [1.29, 1.82) is 0 Å². The number of carbonyl (C=O) groups excluding carboxylic acids is 2. The smallest absolute Gasteiger partial charge is 0.255 e. The van der Waals surface area contributed by atoms with E-state index in [4.69, 9.17) is 4.74 Å². The normalized spacial score (nSPS) is 17.7. The molecule has 0 aromatic heterocycles. The molecule has 1 saturated heterocycles. The Hall–Kier alpha value is -2.34. The van der Waals surface area contributed by atoms with Crippen LogP contribution in [0.1, 0.15) is 60.9 Å². The van der Waals surface area contributed by atoms with Crippen LogP contribution in [-0.2, 0) is 11.4 Å². The Labute approximate surface area is 198 Å². The highest BCUT2D eigenvalue weighted by Gasteiger charge is 2.29. The second-order valence-corrected chi connectivity index (χ2v) is 9.74. The van der Waals surface area contributed by atoms with Crippen molar-refractivity contribution in [3.05, 3.63) is 64.1 Å². The van der Waals surface area contributed by atoms with Crippen molar-refractivity contribution in [2.45, 2.75) is 57.6 Å². The Morgan fingerprint density at radius 2 is 1.72 bits per heavy atom. The van der Waals surface area contributed by atoms with Gasteiger partial charge in [0.25, 0.3) is 5.91 Å². The molecule has 2 aromatic rings. The summed E-state index contributed by atoms with van der Waals surface area (Å²) in [6.45, 7) is 1.84. The molecule has 5 nitrogen and oxygen atoms in total. The molecule has 2 fully saturated rings. The summed E-state index contributed by atoms with van der Waals surface area (Å²) in [5.74, 6) is 0.992. The lowest BCUT2D eigenvalue weighted by molar-refractivity contribution is -0.137. The summed E-state index contributed by atoms with van der Waals surface area (Å²) in [4.78, 5) is 27.8. The van der Waals surface area contributed by atoms with E-state index in [1.54, 1.807) is 6.07 Å². The van der Waals surface area contributed by atoms with Crippen molar-refractivity contribution in [2.75, 3.05) is 13.1 Å². The van der Waals surface area contributed by atoms with Gasteiger partial charge in [0.05, 0.1) is 5.56 Å². The molecule has 2 amide bonds. The number of amides is 2. The predicted octanol–water partition coefficient (Wildman–Crippen LogP) is 5.33. The largest absolute Gasteiger partial charge is 0.488 e. The molecule has 2 aliphatic rings. The van der Waals surface area contributed by atoms with Crippen molar-refractivity contribution in [2.24, 2.45) is 5.92 Å². The summed E-state index contributed by atoms with van der Waals surface area (Å²) < 4.78 is 6.97. The van der Waals surface area contributed by atoms with Crippen LogP contribution < -0.4 is 10.1 Å². The van der Waals surface area contributed by atoms with Gasteiger partial charge in [-0.2, -0.15) is 0 Å². The van der Waals surface area contributed by atoms with E-state index >= 15 is 0 Å². The molecule has 170 valence electrons. The number of piperidine rings is 1. The van der Waals surface area contributed by atoms with E-state index in [1.807, 2.05) is 47.4 Å². The van der Waals surface area contributed by atoms with Gasteiger partial charge in [0, 0.05) is 29.5 Å². The number of halogens is 1. The van der Waals surface area contributed by atoms with Gasteiger partial charge in [0.15, 0.2) is 0 Å². The third-order valence-corrected chi connectivity index (χ3v) is 7.00. The molecule has 32 heavy (non-hydrogen) atoms. The van der Waals surface area contributed by atoms with Gasteiger partial charge in [-0.05, 0) is 55.5 Å². The minimum atomic E-state index is -0.119. The first kappa shape index (κ1) is 22.8. The van der Waals surface area contributed by atoms with Gasteiger partial charge in [-0.25, -0.2) is 0 Å². The van der Waals surface area contributed by atoms with Crippen molar-refractivity contribution in [3.63, 3.8) is 0 Å². The van der Waals surface area contributed by atoms with E-state index < -0.39 is 0 Å². The summed E-state index contributed by atoms with van der Waals surface area (Å²) in [6.07, 6.45) is 7.26. The zero-order valence-electron chi connectivity index (χ0n) is 18.4. The zero-order valence-corrected chi connectivity index (χ0v) is 20.0. The minimum absolute atomic E-state index is 0.0797. The number of ether oxygens (including phenoxy) is 1. The first-order chi connectivity index (χ1) is 15.6. The maximum Gasteiger partial charge on any atom is 0.255 e. The Bertz CT molecular complexity index is 934. The van der Waals surface area contributed by atoms with E-state index in [0.29, 0.717) is 23.8 Å². The Morgan fingerprint density at radius 3 is 2.47 bits per heavy atom. The van der Waals surface area contributed by atoms with Crippen molar-refractivity contribution < 1.29 is 14.3 Å². The molecule has 1 aliphatic carbocycles. The van der Waals surface area contributed by atoms with Crippen molar-refractivity contribution >= 4 is 27.7 Å². The summed E-state index contributed by atoms with van der Waals surface area (Å²) in [7, 11) is 0. The lowest BCUT2D eigenvalue weighted by Gasteiger charge is -2.35. The molecule has 1 saturated carbocycles. The maximum atomic E-state index is 13.0. The fourth-order valence-electron chi connectivity index (χ4n) is 4.68. The van der Waals surface area contributed by atoms with E-state index in [-0.39, 0.29) is 17.9 Å². The first-order valence-corrected chi connectivity index (χ1v) is 12.5. The van der Waals surface area contributed by atoms with Gasteiger partial charge in [-0.1, -0.05) is 59.5 Å². The molecule has 0 atom stereocenters. The lowest BCUT2D eigenvalue weighted by atomic mass is 9.87. The molecule has 0 spiro atoms. The molecular formula is C26H31BrN2O3. The minimum Gasteiger partial charge on any atom is -0.488 e. The van der Waals surface area contributed by atoms with Crippen molar-refractivity contribution in [3.8, 4) is 5.75 Å². The standard InChI is InChI=1S/C26H31BrN2O3/c27-21-10-6-7-19(17-21)18-32-24-12-5-4-11-23(24)25(30)28-22-13-15-29(16-14-22)26(31)20-8-2-1-3-9-20/h4-7,10-12,17,20,22H,1-3,8-9,13-16,18H2,(H,28,30). The lowest BCUT2D eigenvalue weighted by Crippen LogP contribution is -2.48. The topological polar surface area (TPSA) is 58.6 Å². The van der Waals surface area contributed by atoms with Gasteiger partial charge < -0.3 is 15.0 Å². The molecule has 6 heteroatoms. The van der Waals surface area contributed by atoms with Gasteiger partial charge in [-0.15, -0.1) is 0 Å². The molecule has 2 aromatic carbocycles. The summed E-state index contributed by atoms with van der Waals surface area (Å²) in [5.41, 5.74) is 1.58. The SMILES string of the molecule is O=C(NC1CCN(C(=O)C2CCCCC2)CC1)c1ccccc1OCc1cccc(Br)c1. The predicted molar refractivity (Wildman–Crippen MR) is 129 cm³/mol. The van der Waals surface area contributed by atoms with Gasteiger partial charge in [0.2, 0.25) is 5.91 Å². The molecule has 0 unspecified atom stereocenters. The second-order valence-electron chi connectivity index (χ2n) is 8.82. The molecule has 0 bridgehead atoms. The quantitative estimate of drug-likeness (QED) is 0.585. The van der Waals surface area contributed by atoms with Crippen LogP contribution in [0.3, 0.4) is 0 Å². The van der Waals surface area contributed by atoms with Crippen LogP contribution in [0.25, 0.3) is 0 Å². The van der Waals surface area contributed by atoms with Crippen LogP contribution >= 0.6 is 15.9 Å². The average molecular weight is 499 g/mol. The monoisotopic (exact) mass is 498 g/mol. The van der Waals surface area contributed by atoms with E-state index in [0.717, 1.165) is 48.8 Å². The number of nitrogens with zero attached hydrogens (tertiary/aromatic N) is 1. The Kier molecular flexibility index (Phi) is 7.85. The molecule has 1 aliphatic heterocycles. The third-order valence-electron chi connectivity index (χ3n) is 6.51. The summed E-state index contributed by atoms with van der Waals surface area (Å²) in [6, 6.07) is 15.4. The van der Waals surface area contributed by atoms with Gasteiger partial charge >= 0.3 is 0 Å². The number of benzene rings is 2. The average Bonchev–Trinajstić information content (AvgIpc) is 2.83. The highest BCUT2D eigenvalue weighted by atomic mass is 79.9. The molecule has 1 N–H and O–H groups in total. The number of likely N-dealkylation sites (tertiary alicyclic amines) is 1. The summed E-state index contributed by atoms with van der Waals surface area (Å²) >= 11 is 3.47. The van der Waals surface area contributed by atoms with Gasteiger partial charge in [-0.3, -0.25) is 9.59 Å². The third kappa shape index (κ3) is 5.91. The molecule has 0 radical (unpaired) electrons. The van der Waals surface area contributed by atoms with E-state index in [9.17, 15) is 9.59 Å². The maximum absolute atomic E-state index is 13.0. The highest BCUT2D eigenvalue weighted by molar-refractivity contribution is 9.10. The van der Waals surface area contributed by atoms with Crippen LogP contribution in [0.5, 0.6) is 5.75 Å². The number of hydrogen-bond acceptors (Lipinski definition) is 3. The van der Waals surface area contributed by atoms with Crippen LogP contribution in [0.15, 0.2) is 53.0 Å². The van der Waals surface area contributed by atoms with Crippen LogP contribution in [0.2, 0.25) is 0 Å². The van der Waals surface area contributed by atoms with E-state index in [1.165, 1.54) is 19.3 Å². The van der Waals surface area contributed by atoms with Crippen LogP contribution in [0.4, 0.5) is 0 Å². The van der Waals surface area contributed by atoms with Gasteiger partial charge in [0.1, 0.15) is 12.4 Å². The van der Waals surface area contributed by atoms with Crippen LogP contribution in [-0.4, -0.2) is 35.8 Å². The van der Waals surface area contributed by atoms with Crippen LogP contribution in [0, 0.1) is 5.92 Å². The van der Waals surface area contributed by atoms with Crippen molar-refractivity contribution in [1.82, 2.24) is 10.2 Å². The molecular weight excluding hydrogens is 468 g/mol. The number of para-hydroxylation sites is 1. The Balaban J connectivity index is 1.30. The molecule has 4 rings (SSSR count). The zero-order chi connectivity index (χ0) is 22.3. The molecule has 1 heterocycles. The first-order valence-electron chi connectivity index (χ1n) is 11.7. The number of carbonyl (C=O) groups is 2. The van der Waals surface area contributed by atoms with E-state index in [2.05, 4.69) is 21.2 Å².